The van der Waals surface area contributed by atoms with Gasteiger partial charge >= 0.3 is 5.97 Å². The molecule has 1 aromatic rings. The fourth-order valence-electron chi connectivity index (χ4n) is 2.71. The van der Waals surface area contributed by atoms with E-state index in [9.17, 15) is 14.7 Å². The quantitative estimate of drug-likeness (QED) is 0.646. The average Bonchev–Trinajstić information content (AvgIpc) is 2.59. The van der Waals surface area contributed by atoms with Gasteiger partial charge in [0.25, 0.3) is 0 Å². The van der Waals surface area contributed by atoms with E-state index in [1.807, 2.05) is 0 Å². The monoisotopic (exact) mass is 309 g/mol. The Balaban J connectivity index is 2.81. The molecule has 0 radical (unpaired) electrons. The number of Topliss-reactive ketones (excluding diaryl/α,β-unsaturated/α-hetero) is 1. The number of aliphatic hydroxyl groups is 1. The Hall–Kier alpha value is -1.95. The first-order valence-corrected chi connectivity index (χ1v) is 7.04. The highest BCUT2D eigenvalue weighted by molar-refractivity contribution is 6.10. The van der Waals surface area contributed by atoms with Gasteiger partial charge < -0.3 is 14.6 Å². The predicted molar refractivity (Wildman–Crippen MR) is 78.7 cm³/mol. The van der Waals surface area contributed by atoms with E-state index in [1.165, 1.54) is 26.2 Å². The minimum Gasteiger partial charge on any atom is -0.481 e. The van der Waals surface area contributed by atoms with Gasteiger partial charge in [-0.2, -0.15) is 0 Å². The smallest absolute Gasteiger partial charge is 0.323 e. The summed E-state index contributed by atoms with van der Waals surface area (Å²) in [5, 5.41) is 9.45. The average molecular weight is 309 g/mol. The summed E-state index contributed by atoms with van der Waals surface area (Å²) in [7, 11) is 2.56. The molecule has 0 saturated carbocycles. The van der Waals surface area contributed by atoms with Crippen molar-refractivity contribution < 1.29 is 26.9 Å². The second-order valence-electron chi connectivity index (χ2n) is 5.24. The number of aliphatic hydroxyl groups excluding tert-OH is 1. The molecular formula is C16H21NO5. The molecule has 1 aromatic heterocycles. The molecule has 0 fully saturated rings. The van der Waals surface area contributed by atoms with Crippen LogP contribution in [0.15, 0.2) is 12.1 Å². The third-order valence-electron chi connectivity index (χ3n) is 3.80. The zero-order chi connectivity index (χ0) is 18.1. The number of carbonyl (C=O) groups excluding carboxylic acids is 2. The van der Waals surface area contributed by atoms with Crippen molar-refractivity contribution in [3.8, 4) is 5.88 Å². The summed E-state index contributed by atoms with van der Waals surface area (Å²) in [6.45, 7) is 0.932. The molecule has 1 N–H and O–H groups in total. The number of nitrogens with zero attached hydrogens (tertiary/aromatic N) is 1. The lowest BCUT2D eigenvalue weighted by atomic mass is 9.66. The van der Waals surface area contributed by atoms with E-state index in [0.29, 0.717) is 11.6 Å². The summed E-state index contributed by atoms with van der Waals surface area (Å²) in [5.41, 5.74) is -1.55. The molecule has 2 unspecified atom stereocenters. The third kappa shape index (κ3) is 2.59. The number of aromatic nitrogens is 1. The topological polar surface area (TPSA) is 85.7 Å². The van der Waals surface area contributed by atoms with E-state index in [0.717, 1.165) is 7.11 Å². The van der Waals surface area contributed by atoms with E-state index in [-0.39, 0.29) is 18.4 Å². The number of hydrogen-bond donors (Lipinski definition) is 1. The van der Waals surface area contributed by atoms with Crippen LogP contribution in [0.4, 0.5) is 0 Å². The van der Waals surface area contributed by atoms with Crippen LogP contribution in [0.2, 0.25) is 0 Å². The molecule has 2 atom stereocenters. The maximum atomic E-state index is 12.8. The largest absolute Gasteiger partial charge is 0.481 e. The standard InChI is InChI=1S/C16H21NO5/c1-10(9-18)8-16(15(20)22-3)11-4-7-14(21-2)17-12(11)5-6-13(16)19/h4,7,10,18H,5-6,8-9H2,1-3H3/i8D2. The molecule has 6 nitrogen and oxygen atoms in total. The maximum Gasteiger partial charge on any atom is 0.323 e. The van der Waals surface area contributed by atoms with Crippen LogP contribution in [0.5, 0.6) is 5.88 Å². The summed E-state index contributed by atoms with van der Waals surface area (Å²) >= 11 is 0. The molecule has 1 aliphatic rings. The van der Waals surface area contributed by atoms with Gasteiger partial charge in [0.1, 0.15) is 0 Å². The van der Waals surface area contributed by atoms with Gasteiger partial charge in [0.2, 0.25) is 5.88 Å². The molecule has 120 valence electrons. The molecule has 22 heavy (non-hydrogen) atoms. The number of aryl methyl sites for hydroxylation is 1. The summed E-state index contributed by atoms with van der Waals surface area (Å²) in [6.07, 6.45) is -2.11. The van der Waals surface area contributed by atoms with Gasteiger partial charge in [-0.3, -0.25) is 9.59 Å². The zero-order valence-corrected chi connectivity index (χ0v) is 12.9. The maximum absolute atomic E-state index is 12.8. The van der Waals surface area contributed by atoms with Gasteiger partial charge in [-0.25, -0.2) is 4.98 Å². The van der Waals surface area contributed by atoms with Crippen LogP contribution in [-0.4, -0.2) is 42.7 Å². The number of ketones is 1. The van der Waals surface area contributed by atoms with Crippen LogP contribution >= 0.6 is 0 Å². The van der Waals surface area contributed by atoms with Crippen molar-refractivity contribution in [2.24, 2.45) is 5.92 Å². The summed E-state index contributed by atoms with van der Waals surface area (Å²) in [4.78, 5) is 29.7. The van der Waals surface area contributed by atoms with Gasteiger partial charge in [0.15, 0.2) is 11.2 Å². The molecule has 6 heteroatoms. The minimum atomic E-state index is -2.35. The Morgan fingerprint density at radius 3 is 2.82 bits per heavy atom. The highest BCUT2D eigenvalue weighted by Crippen LogP contribution is 2.40. The van der Waals surface area contributed by atoms with Gasteiger partial charge in [-0.15, -0.1) is 0 Å². The first-order chi connectivity index (χ1) is 11.3. The Morgan fingerprint density at radius 1 is 1.50 bits per heavy atom. The molecule has 0 aromatic carbocycles. The second kappa shape index (κ2) is 6.44. The number of pyridine rings is 1. The lowest BCUT2D eigenvalue weighted by molar-refractivity contribution is -0.153. The number of hydrogen-bond acceptors (Lipinski definition) is 6. The lowest BCUT2D eigenvalue weighted by Gasteiger charge is -2.36. The van der Waals surface area contributed by atoms with Gasteiger partial charge in [-0.05, 0) is 24.3 Å². The number of rotatable bonds is 5. The van der Waals surface area contributed by atoms with Crippen molar-refractivity contribution in [3.63, 3.8) is 0 Å². The van der Waals surface area contributed by atoms with Crippen LogP contribution in [0.25, 0.3) is 0 Å². The molecule has 2 rings (SSSR count). The number of fused-ring (bicyclic) bond motifs is 1. The Kier molecular flexibility index (Phi) is 4.01. The van der Waals surface area contributed by atoms with Gasteiger partial charge in [0.05, 0.1) is 14.2 Å². The zero-order valence-electron chi connectivity index (χ0n) is 14.9. The Bertz CT molecular complexity index is 664. The molecular weight excluding hydrogens is 286 g/mol. The molecule has 0 saturated heterocycles. The third-order valence-corrected chi connectivity index (χ3v) is 3.80. The number of esters is 1. The number of ether oxygens (including phenoxy) is 2. The van der Waals surface area contributed by atoms with E-state index < -0.39 is 36.1 Å². The van der Waals surface area contributed by atoms with Crippen LogP contribution in [-0.2, 0) is 26.2 Å². The fourth-order valence-corrected chi connectivity index (χ4v) is 2.71. The molecule has 0 aliphatic heterocycles. The number of methoxy groups -OCH3 is 2. The minimum absolute atomic E-state index is 0.0417. The molecule has 0 amide bonds. The van der Waals surface area contributed by atoms with E-state index in [1.54, 1.807) is 0 Å². The Labute approximate surface area is 132 Å². The Morgan fingerprint density at radius 2 is 2.23 bits per heavy atom. The predicted octanol–water partition coefficient (Wildman–Crippen LogP) is 1.03. The van der Waals surface area contributed by atoms with Crippen LogP contribution in [0.3, 0.4) is 0 Å². The summed E-state index contributed by atoms with van der Waals surface area (Å²) in [6, 6.07) is 2.96. The fraction of sp³-hybridized carbons (Fsp3) is 0.562. The van der Waals surface area contributed by atoms with E-state index >= 15 is 0 Å². The first-order valence-electron chi connectivity index (χ1n) is 8.04. The first kappa shape index (κ1) is 13.7. The number of carbonyl (C=O) groups is 2. The second-order valence-corrected chi connectivity index (χ2v) is 5.24. The van der Waals surface area contributed by atoms with E-state index in [2.05, 4.69) is 4.98 Å². The van der Waals surface area contributed by atoms with Crippen LogP contribution < -0.4 is 4.74 Å². The summed E-state index contributed by atoms with van der Waals surface area (Å²) < 4.78 is 26.9. The highest BCUT2D eigenvalue weighted by atomic mass is 16.5. The van der Waals surface area contributed by atoms with Crippen molar-refractivity contribution in [2.75, 3.05) is 20.8 Å². The van der Waals surface area contributed by atoms with Gasteiger partial charge in [-0.1, -0.05) is 13.0 Å². The lowest BCUT2D eigenvalue weighted by Crippen LogP contribution is -2.49. The van der Waals surface area contributed by atoms with Crippen molar-refractivity contribution in [2.45, 2.75) is 31.6 Å². The van der Waals surface area contributed by atoms with Crippen molar-refractivity contribution in [3.05, 3.63) is 23.4 Å². The summed E-state index contributed by atoms with van der Waals surface area (Å²) in [5.74, 6) is -2.20. The SMILES string of the molecule is [2H]C([2H])(C(C)CO)C1(C(=O)OC)C(=O)CCc2nc(OC)ccc21. The molecule has 0 spiro atoms. The van der Waals surface area contributed by atoms with E-state index in [4.69, 9.17) is 12.2 Å². The van der Waals surface area contributed by atoms with Crippen LogP contribution in [0.1, 0.15) is 33.7 Å². The van der Waals surface area contributed by atoms with Crippen molar-refractivity contribution in [1.29, 1.82) is 0 Å². The van der Waals surface area contributed by atoms with Crippen molar-refractivity contribution in [1.82, 2.24) is 4.98 Å². The normalized spacial score (nSPS) is 23.9. The highest BCUT2D eigenvalue weighted by Gasteiger charge is 2.52. The molecule has 0 bridgehead atoms. The van der Waals surface area contributed by atoms with Crippen LogP contribution in [0, 0.1) is 5.92 Å². The molecule has 1 aliphatic carbocycles. The van der Waals surface area contributed by atoms with Crippen molar-refractivity contribution >= 4 is 11.8 Å². The molecule has 1 heterocycles. The van der Waals surface area contributed by atoms with Gasteiger partial charge in [0, 0.05) is 27.5 Å².